The van der Waals surface area contributed by atoms with Gasteiger partial charge in [-0.05, 0) is 27.7 Å². The Morgan fingerprint density at radius 1 is 0.552 bits per heavy atom. The van der Waals surface area contributed by atoms with Gasteiger partial charge in [-0.3, -0.25) is 0 Å². The van der Waals surface area contributed by atoms with Gasteiger partial charge >= 0.3 is 0 Å². The molecule has 0 aliphatic rings. The van der Waals surface area contributed by atoms with E-state index in [-0.39, 0.29) is 0 Å². The van der Waals surface area contributed by atoms with E-state index in [4.69, 9.17) is 18.1 Å². The lowest BCUT2D eigenvalue weighted by molar-refractivity contribution is 0.277. The molecule has 0 saturated carbocycles. The molecule has 160 valence electrons. The van der Waals surface area contributed by atoms with Crippen molar-refractivity contribution >= 4 is 45.8 Å². The summed E-state index contributed by atoms with van der Waals surface area (Å²) in [6.07, 6.45) is 0. The van der Waals surface area contributed by atoms with Crippen molar-refractivity contribution in [1.29, 1.82) is 0 Å². The van der Waals surface area contributed by atoms with Crippen LogP contribution in [0.5, 0.6) is 0 Å². The first kappa shape index (κ1) is 24.6. The van der Waals surface area contributed by atoms with Crippen LogP contribution in [0.4, 0.5) is 0 Å². The van der Waals surface area contributed by atoms with Gasteiger partial charge in [-0.25, -0.2) is 0 Å². The zero-order valence-corrected chi connectivity index (χ0v) is 21.3. The van der Waals surface area contributed by atoms with Gasteiger partial charge in [0.1, 0.15) is 8.07 Å². The first-order chi connectivity index (χ1) is 14.0. The molecule has 0 radical (unpaired) electrons. The predicted octanol–water partition coefficient (Wildman–Crippen LogP) is 4.53. The van der Waals surface area contributed by atoms with Gasteiger partial charge in [-0.2, -0.15) is 0 Å². The number of benzene rings is 2. The summed E-state index contributed by atoms with van der Waals surface area (Å²) in [4.78, 5) is 0. The molecule has 2 aromatic carbocycles. The van der Waals surface area contributed by atoms with Crippen LogP contribution in [0.25, 0.3) is 0 Å². The van der Waals surface area contributed by atoms with E-state index in [9.17, 15) is 0 Å². The van der Waals surface area contributed by atoms with Crippen molar-refractivity contribution in [2.75, 3.05) is 26.4 Å². The van der Waals surface area contributed by atoms with Gasteiger partial charge in [0.25, 0.3) is 0 Å². The summed E-state index contributed by atoms with van der Waals surface area (Å²) >= 11 is 0. The maximum Gasteiger partial charge on any atom is 0.205 e. The molecule has 0 heterocycles. The molecular formula is C22H34O4P2Si. The Labute approximate surface area is 179 Å². The van der Waals surface area contributed by atoms with Gasteiger partial charge in [0.15, 0.2) is 0 Å². The van der Waals surface area contributed by atoms with Gasteiger partial charge in [0, 0.05) is 10.6 Å². The lowest BCUT2D eigenvalue weighted by Crippen LogP contribution is -2.53. The molecule has 29 heavy (non-hydrogen) atoms. The molecule has 0 amide bonds. The van der Waals surface area contributed by atoms with E-state index in [1.807, 2.05) is 27.7 Å². The van der Waals surface area contributed by atoms with Crippen LogP contribution in [0.1, 0.15) is 27.7 Å². The third kappa shape index (κ3) is 6.67. The maximum absolute atomic E-state index is 5.79. The monoisotopic (exact) mass is 452 g/mol. The SMILES string of the molecule is CCOP(OCC)c1ccc([Si](C)(C)c2ccc(P(OCC)OCC)cc2)cc1. The largest absolute Gasteiger partial charge is 0.331 e. The van der Waals surface area contributed by atoms with Gasteiger partial charge in [-0.15, -0.1) is 0 Å². The van der Waals surface area contributed by atoms with E-state index in [0.29, 0.717) is 26.4 Å². The van der Waals surface area contributed by atoms with Crippen molar-refractivity contribution in [1.82, 2.24) is 0 Å². The van der Waals surface area contributed by atoms with Gasteiger partial charge in [0.05, 0.1) is 26.4 Å². The van der Waals surface area contributed by atoms with Gasteiger partial charge < -0.3 is 18.1 Å². The molecule has 0 spiro atoms. The minimum absolute atomic E-state index is 0.659. The van der Waals surface area contributed by atoms with E-state index < -0.39 is 24.8 Å². The molecule has 0 aliphatic carbocycles. The first-order valence-electron chi connectivity index (χ1n) is 10.3. The highest BCUT2D eigenvalue weighted by Crippen LogP contribution is 2.37. The van der Waals surface area contributed by atoms with Crippen molar-refractivity contribution in [3.05, 3.63) is 48.5 Å². The van der Waals surface area contributed by atoms with Crippen LogP contribution < -0.4 is 21.0 Å². The summed E-state index contributed by atoms with van der Waals surface area (Å²) in [6.45, 7) is 15.4. The highest BCUT2D eigenvalue weighted by atomic mass is 31.2. The average molecular weight is 453 g/mol. The lowest BCUT2D eigenvalue weighted by atomic mass is 10.3. The molecular weight excluding hydrogens is 418 g/mol. The first-order valence-corrected chi connectivity index (χ1v) is 15.7. The smallest absolute Gasteiger partial charge is 0.205 e. The van der Waals surface area contributed by atoms with Crippen molar-refractivity contribution < 1.29 is 18.1 Å². The van der Waals surface area contributed by atoms with E-state index in [1.54, 1.807) is 0 Å². The van der Waals surface area contributed by atoms with Crippen molar-refractivity contribution in [2.45, 2.75) is 40.8 Å². The van der Waals surface area contributed by atoms with Crippen molar-refractivity contribution in [3.63, 3.8) is 0 Å². The normalized spacial score (nSPS) is 12.1. The molecule has 7 heteroatoms. The van der Waals surface area contributed by atoms with Crippen LogP contribution in [0, 0.1) is 0 Å². The Kier molecular flexibility index (Phi) is 10.4. The maximum atomic E-state index is 5.79. The Morgan fingerprint density at radius 3 is 1.07 bits per heavy atom. The molecule has 0 aliphatic heterocycles. The summed E-state index contributed by atoms with van der Waals surface area (Å²) in [5.41, 5.74) is 0. The highest BCUT2D eigenvalue weighted by molar-refractivity contribution is 7.56. The second-order valence-corrected chi connectivity index (χ2v) is 14.4. The second kappa shape index (κ2) is 12.3. The average Bonchev–Trinajstić information content (AvgIpc) is 2.74. The summed E-state index contributed by atoms with van der Waals surface area (Å²) in [7, 11) is -3.77. The fourth-order valence-corrected chi connectivity index (χ4v) is 7.81. The van der Waals surface area contributed by atoms with Crippen LogP contribution in [0.2, 0.25) is 13.1 Å². The fourth-order valence-electron chi connectivity index (χ4n) is 3.01. The minimum Gasteiger partial charge on any atom is -0.331 e. The highest BCUT2D eigenvalue weighted by Gasteiger charge is 2.27. The van der Waals surface area contributed by atoms with Crippen LogP contribution in [0.3, 0.4) is 0 Å². The Hall–Kier alpha value is -0.643. The van der Waals surface area contributed by atoms with Crippen LogP contribution in [-0.2, 0) is 18.1 Å². The number of hydrogen-bond acceptors (Lipinski definition) is 4. The van der Waals surface area contributed by atoms with Crippen molar-refractivity contribution in [3.8, 4) is 0 Å². The van der Waals surface area contributed by atoms with Gasteiger partial charge in [-0.1, -0.05) is 72.0 Å². The third-order valence-corrected chi connectivity index (χ3v) is 11.5. The molecule has 0 unspecified atom stereocenters. The Bertz CT molecular complexity index is 649. The topological polar surface area (TPSA) is 36.9 Å². The second-order valence-electron chi connectivity index (χ2n) is 6.90. The molecule has 0 N–H and O–H groups in total. The Balaban J connectivity index is 2.21. The summed E-state index contributed by atoms with van der Waals surface area (Å²) in [5.74, 6) is 0. The predicted molar refractivity (Wildman–Crippen MR) is 129 cm³/mol. The number of rotatable bonds is 12. The van der Waals surface area contributed by atoms with E-state index in [0.717, 1.165) is 10.6 Å². The lowest BCUT2D eigenvalue weighted by Gasteiger charge is -2.25. The van der Waals surface area contributed by atoms with E-state index in [2.05, 4.69) is 61.6 Å². The minimum atomic E-state index is -1.79. The van der Waals surface area contributed by atoms with Crippen LogP contribution in [-0.4, -0.2) is 34.5 Å². The standard InChI is InChI=1S/C22H34O4P2Si/c1-7-23-27(24-8-2)19-11-15-21(16-12-19)29(5,6)22-17-13-20(14-18-22)28(25-9-3)26-10-4/h11-18H,7-10H2,1-6H3. The number of hydrogen-bond donors (Lipinski definition) is 0. The zero-order chi connectivity index (χ0) is 21.3. The summed E-state index contributed by atoms with van der Waals surface area (Å²) in [5, 5.41) is 5.06. The van der Waals surface area contributed by atoms with Crippen molar-refractivity contribution in [2.24, 2.45) is 0 Å². The summed E-state index contributed by atoms with van der Waals surface area (Å²) < 4.78 is 23.1. The fraction of sp³-hybridized carbons (Fsp3) is 0.455. The Morgan fingerprint density at radius 2 is 0.828 bits per heavy atom. The summed E-state index contributed by atoms with van der Waals surface area (Å²) in [6, 6.07) is 17.6. The third-order valence-electron chi connectivity index (χ3n) is 4.59. The molecule has 0 aromatic heterocycles. The molecule has 0 bridgehead atoms. The van der Waals surface area contributed by atoms with Gasteiger partial charge in [0.2, 0.25) is 16.8 Å². The van der Waals surface area contributed by atoms with E-state index in [1.165, 1.54) is 10.4 Å². The molecule has 2 aromatic rings. The molecule has 4 nitrogen and oxygen atoms in total. The molecule has 2 rings (SSSR count). The molecule has 0 fully saturated rings. The van der Waals surface area contributed by atoms with Crippen LogP contribution in [0.15, 0.2) is 48.5 Å². The van der Waals surface area contributed by atoms with E-state index >= 15 is 0 Å². The zero-order valence-electron chi connectivity index (χ0n) is 18.5. The quantitative estimate of drug-likeness (QED) is 0.350. The molecule has 0 saturated heterocycles. The molecule has 0 atom stereocenters. The van der Waals surface area contributed by atoms with Crippen LogP contribution >= 0.6 is 16.8 Å².